The number of aromatic nitrogens is 2. The van der Waals surface area contributed by atoms with Crippen molar-refractivity contribution in [1.29, 1.82) is 0 Å². The molecular weight excluding hydrogens is 238 g/mol. The average molecular weight is 254 g/mol. The molecule has 1 N–H and O–H groups in total. The molecule has 1 saturated heterocycles. The highest BCUT2D eigenvalue weighted by Crippen LogP contribution is 2.39. The molecule has 1 aromatic rings. The van der Waals surface area contributed by atoms with Crippen LogP contribution in [0.25, 0.3) is 0 Å². The van der Waals surface area contributed by atoms with E-state index in [1.807, 2.05) is 0 Å². The molecule has 2 heterocycles. The summed E-state index contributed by atoms with van der Waals surface area (Å²) >= 11 is 6.05. The molecular formula is C12H16ClN3O. The SMILES string of the molecule is OC[C@@H]1CCCN1c1cc(Cl)nc(C2CC2)n1. The first-order valence-corrected chi connectivity index (χ1v) is 6.57. The lowest BCUT2D eigenvalue weighted by Gasteiger charge is -2.24. The zero-order chi connectivity index (χ0) is 11.8. The Morgan fingerprint density at radius 2 is 2.18 bits per heavy atom. The Morgan fingerprint density at radius 3 is 2.88 bits per heavy atom. The molecule has 0 radical (unpaired) electrons. The van der Waals surface area contributed by atoms with Crippen LogP contribution in [0.5, 0.6) is 0 Å². The highest BCUT2D eigenvalue weighted by Gasteiger charge is 2.30. The molecule has 2 aliphatic rings. The zero-order valence-corrected chi connectivity index (χ0v) is 10.4. The van der Waals surface area contributed by atoms with Gasteiger partial charge in [0.2, 0.25) is 0 Å². The van der Waals surface area contributed by atoms with E-state index >= 15 is 0 Å². The second-order valence-electron chi connectivity index (χ2n) is 4.85. The van der Waals surface area contributed by atoms with Crippen molar-refractivity contribution in [3.8, 4) is 0 Å². The van der Waals surface area contributed by atoms with E-state index in [1.165, 1.54) is 12.8 Å². The smallest absolute Gasteiger partial charge is 0.135 e. The molecule has 1 aliphatic heterocycles. The van der Waals surface area contributed by atoms with Gasteiger partial charge in [-0.1, -0.05) is 11.6 Å². The molecule has 1 aromatic heterocycles. The first-order chi connectivity index (χ1) is 8.28. The second-order valence-corrected chi connectivity index (χ2v) is 5.24. The average Bonchev–Trinajstić information content (AvgIpc) is 3.06. The molecule has 1 aliphatic carbocycles. The maximum Gasteiger partial charge on any atom is 0.135 e. The number of aliphatic hydroxyl groups is 1. The van der Waals surface area contributed by atoms with Crippen molar-refractivity contribution in [1.82, 2.24) is 9.97 Å². The van der Waals surface area contributed by atoms with Gasteiger partial charge in [0, 0.05) is 18.5 Å². The Hall–Kier alpha value is -0.870. The molecule has 92 valence electrons. The Kier molecular flexibility index (Phi) is 2.92. The molecule has 0 aromatic carbocycles. The molecule has 1 saturated carbocycles. The van der Waals surface area contributed by atoms with Crippen molar-refractivity contribution < 1.29 is 5.11 Å². The van der Waals surface area contributed by atoms with E-state index in [2.05, 4.69) is 14.9 Å². The lowest BCUT2D eigenvalue weighted by molar-refractivity contribution is 0.266. The number of aliphatic hydroxyl groups excluding tert-OH is 1. The summed E-state index contributed by atoms with van der Waals surface area (Å²) in [5.74, 6) is 2.25. The Morgan fingerprint density at radius 1 is 1.35 bits per heavy atom. The summed E-state index contributed by atoms with van der Waals surface area (Å²) in [7, 11) is 0. The van der Waals surface area contributed by atoms with Crippen LogP contribution in [0.1, 0.15) is 37.4 Å². The minimum Gasteiger partial charge on any atom is -0.394 e. The van der Waals surface area contributed by atoms with Crippen LogP contribution in [0.3, 0.4) is 0 Å². The van der Waals surface area contributed by atoms with Crippen LogP contribution in [0.4, 0.5) is 5.82 Å². The number of hydrogen-bond donors (Lipinski definition) is 1. The van der Waals surface area contributed by atoms with E-state index in [-0.39, 0.29) is 12.6 Å². The van der Waals surface area contributed by atoms with Crippen LogP contribution in [0.15, 0.2) is 6.07 Å². The van der Waals surface area contributed by atoms with Gasteiger partial charge in [-0.25, -0.2) is 9.97 Å². The summed E-state index contributed by atoms with van der Waals surface area (Å²) in [6.45, 7) is 1.13. The van der Waals surface area contributed by atoms with Crippen molar-refractivity contribution in [3.63, 3.8) is 0 Å². The summed E-state index contributed by atoms with van der Waals surface area (Å²) in [5, 5.41) is 9.85. The van der Waals surface area contributed by atoms with E-state index in [1.54, 1.807) is 6.07 Å². The monoisotopic (exact) mass is 253 g/mol. The third-order valence-electron chi connectivity index (χ3n) is 3.52. The maximum absolute atomic E-state index is 9.34. The molecule has 1 atom stereocenters. The molecule has 3 rings (SSSR count). The van der Waals surface area contributed by atoms with Gasteiger partial charge in [0.25, 0.3) is 0 Å². The topological polar surface area (TPSA) is 49.2 Å². The molecule has 2 fully saturated rings. The number of nitrogens with zero attached hydrogens (tertiary/aromatic N) is 3. The Balaban J connectivity index is 1.90. The van der Waals surface area contributed by atoms with Gasteiger partial charge in [0.15, 0.2) is 0 Å². The summed E-state index contributed by atoms with van der Waals surface area (Å²) in [5.41, 5.74) is 0. The van der Waals surface area contributed by atoms with Gasteiger partial charge in [-0.2, -0.15) is 0 Å². The summed E-state index contributed by atoms with van der Waals surface area (Å²) in [4.78, 5) is 11.0. The minimum atomic E-state index is 0.181. The summed E-state index contributed by atoms with van der Waals surface area (Å²) in [6, 6.07) is 1.99. The fourth-order valence-electron chi connectivity index (χ4n) is 2.42. The highest BCUT2D eigenvalue weighted by molar-refractivity contribution is 6.29. The molecule has 17 heavy (non-hydrogen) atoms. The fourth-order valence-corrected chi connectivity index (χ4v) is 2.61. The molecule has 0 spiro atoms. The van der Waals surface area contributed by atoms with Crippen LogP contribution in [0, 0.1) is 0 Å². The maximum atomic E-state index is 9.34. The van der Waals surface area contributed by atoms with Gasteiger partial charge in [-0.15, -0.1) is 0 Å². The molecule has 4 nitrogen and oxygen atoms in total. The van der Waals surface area contributed by atoms with E-state index < -0.39 is 0 Å². The normalized spacial score (nSPS) is 24.4. The molecule has 0 bridgehead atoms. The predicted molar refractivity (Wildman–Crippen MR) is 66.5 cm³/mol. The van der Waals surface area contributed by atoms with Gasteiger partial charge in [-0.3, -0.25) is 0 Å². The molecule has 5 heteroatoms. The lowest BCUT2D eigenvalue weighted by atomic mass is 10.2. The second kappa shape index (κ2) is 4.42. The van der Waals surface area contributed by atoms with Crippen molar-refractivity contribution in [2.24, 2.45) is 0 Å². The van der Waals surface area contributed by atoms with Crippen LogP contribution in [-0.2, 0) is 0 Å². The molecule has 0 amide bonds. The Labute approximate surface area is 106 Å². The Bertz CT molecular complexity index is 422. The van der Waals surface area contributed by atoms with Crippen LogP contribution in [-0.4, -0.2) is 34.3 Å². The van der Waals surface area contributed by atoms with E-state index in [4.69, 9.17) is 11.6 Å². The van der Waals surface area contributed by atoms with Gasteiger partial charge < -0.3 is 10.0 Å². The van der Waals surface area contributed by atoms with Crippen molar-refractivity contribution in [3.05, 3.63) is 17.0 Å². The summed E-state index contributed by atoms with van der Waals surface area (Å²) in [6.07, 6.45) is 4.47. The third-order valence-corrected chi connectivity index (χ3v) is 3.72. The van der Waals surface area contributed by atoms with Crippen molar-refractivity contribution in [2.75, 3.05) is 18.1 Å². The largest absolute Gasteiger partial charge is 0.394 e. The minimum absolute atomic E-state index is 0.181. The van der Waals surface area contributed by atoms with Crippen LogP contribution in [0.2, 0.25) is 5.15 Å². The fraction of sp³-hybridized carbons (Fsp3) is 0.667. The quantitative estimate of drug-likeness (QED) is 0.837. The first-order valence-electron chi connectivity index (χ1n) is 6.20. The number of rotatable bonds is 3. The first kappa shape index (κ1) is 11.2. The van der Waals surface area contributed by atoms with Gasteiger partial charge in [0.05, 0.1) is 12.6 Å². The number of halogens is 1. The summed E-state index contributed by atoms with van der Waals surface area (Å²) < 4.78 is 0. The van der Waals surface area contributed by atoms with E-state index in [0.717, 1.165) is 31.0 Å². The number of anilines is 1. The van der Waals surface area contributed by atoms with E-state index in [0.29, 0.717) is 11.1 Å². The standard InChI is InChI=1S/C12H16ClN3O/c13-10-6-11(15-12(14-10)8-3-4-8)16-5-1-2-9(16)7-17/h6,8-9,17H,1-5,7H2/t9-/m0/s1. The predicted octanol–water partition coefficient (Wildman–Crippen LogP) is 1.97. The lowest BCUT2D eigenvalue weighted by Crippen LogP contribution is -2.33. The van der Waals surface area contributed by atoms with Gasteiger partial charge >= 0.3 is 0 Å². The molecule has 0 unspecified atom stereocenters. The zero-order valence-electron chi connectivity index (χ0n) is 9.64. The van der Waals surface area contributed by atoms with Crippen molar-refractivity contribution in [2.45, 2.75) is 37.6 Å². The van der Waals surface area contributed by atoms with Crippen LogP contribution >= 0.6 is 11.6 Å². The van der Waals surface area contributed by atoms with E-state index in [9.17, 15) is 5.11 Å². The van der Waals surface area contributed by atoms with Crippen LogP contribution < -0.4 is 4.90 Å². The highest BCUT2D eigenvalue weighted by atomic mass is 35.5. The van der Waals surface area contributed by atoms with Gasteiger partial charge in [-0.05, 0) is 25.7 Å². The number of hydrogen-bond acceptors (Lipinski definition) is 4. The third kappa shape index (κ3) is 2.24. The van der Waals surface area contributed by atoms with Gasteiger partial charge in [0.1, 0.15) is 16.8 Å². The van der Waals surface area contributed by atoms with Crippen molar-refractivity contribution >= 4 is 17.4 Å².